The largest absolute Gasteiger partial charge is 0.338 e. The van der Waals surface area contributed by atoms with Crippen LogP contribution in [0.1, 0.15) is 24.6 Å². The first-order valence-electron chi connectivity index (χ1n) is 8.51. The Morgan fingerprint density at radius 2 is 1.96 bits per heavy atom. The van der Waals surface area contributed by atoms with E-state index in [1.165, 1.54) is 6.07 Å². The zero-order valence-corrected chi connectivity index (χ0v) is 15.2. The van der Waals surface area contributed by atoms with Crippen LogP contribution >= 0.6 is 0 Å². The lowest BCUT2D eigenvalue weighted by atomic mass is 10.1. The first-order chi connectivity index (χ1) is 12.9. The zero-order valence-electron chi connectivity index (χ0n) is 15.2. The van der Waals surface area contributed by atoms with Gasteiger partial charge < -0.3 is 5.32 Å². The van der Waals surface area contributed by atoms with Gasteiger partial charge in [0, 0.05) is 12.4 Å². The number of carbonyl (C=O) groups is 1. The number of anilines is 2. The summed E-state index contributed by atoms with van der Waals surface area (Å²) in [5.74, 6) is -1.32. The summed E-state index contributed by atoms with van der Waals surface area (Å²) in [5.41, 5.74) is 7.11. The van der Waals surface area contributed by atoms with Crippen LogP contribution in [0.15, 0.2) is 24.3 Å². The molecule has 0 spiro atoms. The number of hydrogen-bond acceptors (Lipinski definition) is 4. The van der Waals surface area contributed by atoms with Crippen LogP contribution in [0.2, 0.25) is 0 Å². The molecule has 2 aromatic heterocycles. The number of fused-ring (bicyclic) bond motifs is 1. The molecule has 0 bridgehead atoms. The number of pyridine rings is 1. The van der Waals surface area contributed by atoms with Crippen molar-refractivity contribution in [1.82, 2.24) is 20.2 Å². The number of benzene rings is 1. The molecule has 0 saturated carbocycles. The van der Waals surface area contributed by atoms with Crippen LogP contribution in [0.4, 0.5) is 25.1 Å². The molecule has 3 rings (SSSR count). The molecule has 2 heterocycles. The van der Waals surface area contributed by atoms with E-state index in [4.69, 9.17) is 0 Å². The highest BCUT2D eigenvalue weighted by Crippen LogP contribution is 2.24. The van der Waals surface area contributed by atoms with E-state index < -0.39 is 23.4 Å². The molecule has 0 radical (unpaired) electrons. The summed E-state index contributed by atoms with van der Waals surface area (Å²) in [5, 5.41) is 7.51. The zero-order chi connectivity index (χ0) is 19.6. The Bertz CT molecular complexity index is 981. The van der Waals surface area contributed by atoms with Crippen molar-refractivity contribution < 1.29 is 13.6 Å². The molecule has 0 fully saturated rings. The SMILES string of the molecule is CCCc1cc(NNC(=O)Nc2c(F)cccc2F)nc2c1c(C)nn2C. The van der Waals surface area contributed by atoms with Crippen molar-refractivity contribution in [2.45, 2.75) is 26.7 Å². The number of hydrogen-bond donors (Lipinski definition) is 3. The molecule has 3 aromatic rings. The second-order valence-corrected chi connectivity index (χ2v) is 6.13. The molecule has 7 nitrogen and oxygen atoms in total. The van der Waals surface area contributed by atoms with Crippen LogP contribution in [-0.2, 0) is 13.5 Å². The third-order valence-electron chi connectivity index (χ3n) is 4.08. The minimum Gasteiger partial charge on any atom is -0.301 e. The molecule has 0 aliphatic rings. The third kappa shape index (κ3) is 3.81. The van der Waals surface area contributed by atoms with Crippen LogP contribution in [0.5, 0.6) is 0 Å². The number of carbonyl (C=O) groups excluding carboxylic acids is 1. The number of aromatic nitrogens is 3. The average Bonchev–Trinajstić information content (AvgIpc) is 2.91. The van der Waals surface area contributed by atoms with Gasteiger partial charge in [0.05, 0.1) is 5.69 Å². The fourth-order valence-electron chi connectivity index (χ4n) is 2.95. The van der Waals surface area contributed by atoms with Gasteiger partial charge in [-0.05, 0) is 37.1 Å². The van der Waals surface area contributed by atoms with Crippen LogP contribution < -0.4 is 16.2 Å². The maximum atomic E-state index is 13.6. The van der Waals surface area contributed by atoms with Gasteiger partial charge in [0.1, 0.15) is 23.1 Å². The molecule has 27 heavy (non-hydrogen) atoms. The van der Waals surface area contributed by atoms with Gasteiger partial charge in [0.15, 0.2) is 5.65 Å². The van der Waals surface area contributed by atoms with Crippen molar-refractivity contribution in [3.8, 4) is 0 Å². The monoisotopic (exact) mass is 374 g/mol. The summed E-state index contributed by atoms with van der Waals surface area (Å²) in [6, 6.07) is 4.34. The number of nitrogens with one attached hydrogen (secondary N) is 3. The lowest BCUT2D eigenvalue weighted by Gasteiger charge is -2.12. The normalized spacial score (nSPS) is 10.9. The smallest absolute Gasteiger partial charge is 0.301 e. The van der Waals surface area contributed by atoms with E-state index in [1.54, 1.807) is 11.7 Å². The number of amides is 2. The van der Waals surface area contributed by atoms with Crippen LogP contribution in [-0.4, -0.2) is 20.8 Å². The summed E-state index contributed by atoms with van der Waals surface area (Å²) in [6.45, 7) is 3.99. The number of urea groups is 1. The highest BCUT2D eigenvalue weighted by atomic mass is 19.1. The molecular formula is C18H20F2N6O. The van der Waals surface area contributed by atoms with Gasteiger partial charge >= 0.3 is 6.03 Å². The Hall–Kier alpha value is -3.23. The highest BCUT2D eigenvalue weighted by Gasteiger charge is 2.14. The summed E-state index contributed by atoms with van der Waals surface area (Å²) >= 11 is 0. The number of para-hydroxylation sites is 1. The van der Waals surface area contributed by atoms with Gasteiger partial charge in [-0.15, -0.1) is 0 Å². The molecule has 0 saturated heterocycles. The molecule has 142 valence electrons. The predicted octanol–water partition coefficient (Wildman–Crippen LogP) is 3.66. The molecule has 0 aliphatic heterocycles. The van der Waals surface area contributed by atoms with Crippen molar-refractivity contribution in [2.24, 2.45) is 7.05 Å². The van der Waals surface area contributed by atoms with Crippen molar-refractivity contribution in [1.29, 1.82) is 0 Å². The average molecular weight is 374 g/mol. The Morgan fingerprint density at radius 3 is 2.63 bits per heavy atom. The van der Waals surface area contributed by atoms with E-state index >= 15 is 0 Å². The fraction of sp³-hybridized carbons (Fsp3) is 0.278. The lowest BCUT2D eigenvalue weighted by Crippen LogP contribution is -2.34. The van der Waals surface area contributed by atoms with Gasteiger partial charge in [0.2, 0.25) is 0 Å². The van der Waals surface area contributed by atoms with E-state index in [-0.39, 0.29) is 0 Å². The molecule has 2 amide bonds. The number of nitrogens with zero attached hydrogens (tertiary/aromatic N) is 3. The minimum atomic E-state index is -0.861. The first-order valence-corrected chi connectivity index (χ1v) is 8.51. The van der Waals surface area contributed by atoms with Gasteiger partial charge in [-0.2, -0.15) is 5.10 Å². The standard InChI is InChI=1S/C18H20F2N6O/c1-4-6-11-9-14(21-17-15(11)10(2)25-26(17)3)23-24-18(27)22-16-12(19)7-5-8-13(16)20/h5,7-9H,4,6H2,1-3H3,(H,21,23)(H2,22,24,27). The van der Waals surface area contributed by atoms with Crippen LogP contribution in [0.3, 0.4) is 0 Å². The number of hydrazine groups is 1. The van der Waals surface area contributed by atoms with E-state index in [2.05, 4.69) is 33.2 Å². The van der Waals surface area contributed by atoms with Crippen molar-refractivity contribution >= 4 is 28.6 Å². The summed E-state index contributed by atoms with van der Waals surface area (Å²) in [6.07, 6.45) is 1.76. The fourth-order valence-corrected chi connectivity index (χ4v) is 2.95. The maximum absolute atomic E-state index is 13.6. The van der Waals surface area contributed by atoms with Crippen molar-refractivity contribution in [2.75, 3.05) is 10.7 Å². The minimum absolute atomic E-state index is 0.401. The Kier molecular flexibility index (Phi) is 5.20. The lowest BCUT2D eigenvalue weighted by molar-refractivity contribution is 0.253. The molecule has 0 aliphatic carbocycles. The quantitative estimate of drug-likeness (QED) is 0.595. The van der Waals surface area contributed by atoms with Gasteiger partial charge in [-0.1, -0.05) is 19.4 Å². The predicted molar refractivity (Wildman–Crippen MR) is 99.4 cm³/mol. The second kappa shape index (κ2) is 7.56. The molecule has 3 N–H and O–H groups in total. The number of rotatable bonds is 5. The molecule has 1 aromatic carbocycles. The topological polar surface area (TPSA) is 83.9 Å². The number of halogens is 2. The van der Waals surface area contributed by atoms with Crippen LogP contribution in [0.25, 0.3) is 11.0 Å². The first kappa shape index (κ1) is 18.6. The van der Waals surface area contributed by atoms with Crippen LogP contribution in [0, 0.1) is 18.6 Å². The van der Waals surface area contributed by atoms with Crippen molar-refractivity contribution in [3.63, 3.8) is 0 Å². The maximum Gasteiger partial charge on any atom is 0.338 e. The Labute approximate surface area is 154 Å². The van der Waals surface area contributed by atoms with Gasteiger partial charge in [-0.25, -0.2) is 18.6 Å². The van der Waals surface area contributed by atoms with E-state index in [0.717, 1.165) is 41.6 Å². The summed E-state index contributed by atoms with van der Waals surface area (Å²) in [4.78, 5) is 16.4. The van der Waals surface area contributed by atoms with E-state index in [0.29, 0.717) is 11.5 Å². The highest BCUT2D eigenvalue weighted by molar-refractivity contribution is 5.90. The molecule has 0 atom stereocenters. The molecule has 9 heteroatoms. The molecular weight excluding hydrogens is 354 g/mol. The Balaban J connectivity index is 1.78. The van der Waals surface area contributed by atoms with E-state index in [9.17, 15) is 13.6 Å². The van der Waals surface area contributed by atoms with Crippen molar-refractivity contribution in [3.05, 3.63) is 47.2 Å². The van der Waals surface area contributed by atoms with Gasteiger partial charge in [0.25, 0.3) is 0 Å². The number of aryl methyl sites for hydroxylation is 3. The summed E-state index contributed by atoms with van der Waals surface area (Å²) < 4.78 is 28.9. The summed E-state index contributed by atoms with van der Waals surface area (Å²) in [7, 11) is 1.79. The Morgan fingerprint density at radius 1 is 1.26 bits per heavy atom. The molecule has 0 unspecified atom stereocenters. The second-order valence-electron chi connectivity index (χ2n) is 6.13. The van der Waals surface area contributed by atoms with Gasteiger partial charge in [-0.3, -0.25) is 15.5 Å². The van der Waals surface area contributed by atoms with E-state index in [1.807, 2.05) is 13.0 Å². The third-order valence-corrected chi connectivity index (χ3v) is 4.08.